The molecule has 0 radical (unpaired) electrons. The molecule has 4 N–H and O–H groups in total. The summed E-state index contributed by atoms with van der Waals surface area (Å²) in [6, 6.07) is 1.38. The van der Waals surface area contributed by atoms with Crippen LogP contribution in [-0.4, -0.2) is 22.6 Å². The Morgan fingerprint density at radius 3 is 2.92 bits per heavy atom. The van der Waals surface area contributed by atoms with Gasteiger partial charge in [-0.2, -0.15) is 0 Å². The fraction of sp³-hybridized carbons (Fsp3) is 0.250. The van der Waals surface area contributed by atoms with Gasteiger partial charge in [0, 0.05) is 12.7 Å². The Hall–Kier alpha value is -1.78. The predicted molar refractivity (Wildman–Crippen MR) is 49.8 cm³/mol. The maximum Gasteiger partial charge on any atom is 0.337 e. The van der Waals surface area contributed by atoms with E-state index >= 15 is 0 Å². The zero-order chi connectivity index (χ0) is 9.84. The van der Waals surface area contributed by atoms with E-state index in [1.165, 1.54) is 12.3 Å². The molecule has 0 atom stereocenters. The third-order valence-corrected chi connectivity index (χ3v) is 1.51. The number of rotatable bonds is 3. The number of nitrogens with zero attached hydrogens (tertiary/aromatic N) is 1. The van der Waals surface area contributed by atoms with Crippen LogP contribution in [0.2, 0.25) is 0 Å². The smallest absolute Gasteiger partial charge is 0.337 e. The molecule has 0 saturated heterocycles. The third kappa shape index (κ3) is 2.08. The molecular weight excluding hydrogens is 170 g/mol. The number of hydrogen-bond donors (Lipinski definition) is 3. The lowest BCUT2D eigenvalue weighted by atomic mass is 10.2. The number of carboxylic acid groups (broad SMARTS) is 1. The van der Waals surface area contributed by atoms with Crippen molar-refractivity contribution in [2.75, 3.05) is 17.6 Å². The number of nitrogens with two attached hydrogens (primary N) is 1. The minimum Gasteiger partial charge on any atom is -0.478 e. The topological polar surface area (TPSA) is 88.2 Å². The van der Waals surface area contributed by atoms with Crippen LogP contribution in [0.4, 0.5) is 11.5 Å². The molecule has 1 aromatic rings. The van der Waals surface area contributed by atoms with Crippen LogP contribution >= 0.6 is 0 Å². The Kier molecular flexibility index (Phi) is 2.69. The van der Waals surface area contributed by atoms with Gasteiger partial charge in [-0.1, -0.05) is 0 Å². The number of pyridine rings is 1. The van der Waals surface area contributed by atoms with E-state index in [0.717, 1.165) is 0 Å². The monoisotopic (exact) mass is 181 g/mol. The van der Waals surface area contributed by atoms with E-state index < -0.39 is 5.97 Å². The lowest BCUT2D eigenvalue weighted by molar-refractivity contribution is 0.0696. The van der Waals surface area contributed by atoms with Crippen LogP contribution in [0, 0.1) is 0 Å². The molecule has 0 aliphatic carbocycles. The van der Waals surface area contributed by atoms with Gasteiger partial charge >= 0.3 is 5.97 Å². The maximum atomic E-state index is 10.5. The van der Waals surface area contributed by atoms with Crippen LogP contribution in [0.1, 0.15) is 17.3 Å². The van der Waals surface area contributed by atoms with Gasteiger partial charge in [-0.05, 0) is 13.0 Å². The molecule has 0 aliphatic rings. The molecule has 0 spiro atoms. The van der Waals surface area contributed by atoms with Crippen LogP contribution in [0.15, 0.2) is 12.3 Å². The summed E-state index contributed by atoms with van der Waals surface area (Å²) < 4.78 is 0. The van der Waals surface area contributed by atoms with Gasteiger partial charge < -0.3 is 16.2 Å². The Morgan fingerprint density at radius 2 is 2.46 bits per heavy atom. The lowest BCUT2D eigenvalue weighted by Gasteiger charge is -2.05. The van der Waals surface area contributed by atoms with Crippen molar-refractivity contribution in [1.82, 2.24) is 4.98 Å². The first kappa shape index (κ1) is 9.31. The number of anilines is 2. The van der Waals surface area contributed by atoms with Crippen molar-refractivity contribution >= 4 is 17.5 Å². The molecule has 1 heterocycles. The van der Waals surface area contributed by atoms with E-state index in [4.69, 9.17) is 10.8 Å². The summed E-state index contributed by atoms with van der Waals surface area (Å²) in [5.74, 6) is -0.505. The van der Waals surface area contributed by atoms with Crippen molar-refractivity contribution in [1.29, 1.82) is 0 Å². The quantitative estimate of drug-likeness (QED) is 0.641. The van der Waals surface area contributed by atoms with Crippen molar-refractivity contribution in [2.45, 2.75) is 6.92 Å². The molecule has 5 nitrogen and oxygen atoms in total. The van der Waals surface area contributed by atoms with Crippen molar-refractivity contribution in [3.8, 4) is 0 Å². The fourth-order valence-electron chi connectivity index (χ4n) is 0.914. The molecule has 0 aliphatic heterocycles. The summed E-state index contributed by atoms with van der Waals surface area (Å²) in [5.41, 5.74) is 6.00. The highest BCUT2D eigenvalue weighted by Gasteiger charge is 2.06. The highest BCUT2D eigenvalue weighted by atomic mass is 16.4. The Bertz CT molecular complexity index is 325. The molecule has 13 heavy (non-hydrogen) atoms. The van der Waals surface area contributed by atoms with E-state index in [9.17, 15) is 4.79 Å². The van der Waals surface area contributed by atoms with E-state index in [0.29, 0.717) is 18.1 Å². The lowest BCUT2D eigenvalue weighted by Crippen LogP contribution is -2.06. The highest BCUT2D eigenvalue weighted by Crippen LogP contribution is 2.15. The minimum absolute atomic E-state index is 0.0964. The molecule has 0 saturated carbocycles. The van der Waals surface area contributed by atoms with Crippen LogP contribution in [0.5, 0.6) is 0 Å². The van der Waals surface area contributed by atoms with Crippen molar-refractivity contribution in [3.63, 3.8) is 0 Å². The molecule has 0 bridgehead atoms. The first-order valence-corrected chi connectivity index (χ1v) is 3.87. The van der Waals surface area contributed by atoms with Crippen molar-refractivity contribution in [2.24, 2.45) is 0 Å². The average Bonchev–Trinajstić information content (AvgIpc) is 2.08. The fourth-order valence-corrected chi connectivity index (χ4v) is 0.914. The standard InChI is InChI=1S/C8H11N3O2/c1-2-10-7-6(9)3-5(4-11-7)8(12)13/h3-4H,2,9H2,1H3,(H,10,11)(H,12,13). The zero-order valence-electron chi connectivity index (χ0n) is 7.24. The molecule has 0 fully saturated rings. The van der Waals surface area contributed by atoms with Crippen LogP contribution in [0.25, 0.3) is 0 Å². The number of nitrogens with one attached hydrogen (secondary N) is 1. The largest absolute Gasteiger partial charge is 0.478 e. The Balaban J connectivity index is 2.98. The summed E-state index contributed by atoms with van der Waals surface area (Å²) in [5, 5.41) is 11.5. The number of nitrogen functional groups attached to an aromatic ring is 1. The Labute approximate surface area is 75.6 Å². The third-order valence-electron chi connectivity index (χ3n) is 1.51. The van der Waals surface area contributed by atoms with Gasteiger partial charge in [0.15, 0.2) is 0 Å². The first-order chi connectivity index (χ1) is 6.15. The van der Waals surface area contributed by atoms with Gasteiger partial charge in [0.2, 0.25) is 0 Å². The number of aromatic nitrogens is 1. The summed E-state index contributed by atoms with van der Waals surface area (Å²) in [6.07, 6.45) is 1.27. The molecule has 70 valence electrons. The van der Waals surface area contributed by atoms with E-state index in [1.54, 1.807) is 0 Å². The van der Waals surface area contributed by atoms with E-state index in [2.05, 4.69) is 10.3 Å². The van der Waals surface area contributed by atoms with Gasteiger partial charge in [-0.3, -0.25) is 0 Å². The van der Waals surface area contributed by atoms with Crippen molar-refractivity contribution in [3.05, 3.63) is 17.8 Å². The number of hydrogen-bond acceptors (Lipinski definition) is 4. The highest BCUT2D eigenvalue weighted by molar-refractivity contribution is 5.89. The summed E-state index contributed by atoms with van der Waals surface area (Å²) in [6.45, 7) is 2.61. The maximum absolute atomic E-state index is 10.5. The van der Waals surface area contributed by atoms with Gasteiger partial charge in [-0.15, -0.1) is 0 Å². The number of carboxylic acids is 1. The number of aromatic carboxylic acids is 1. The second-order valence-electron chi connectivity index (χ2n) is 2.50. The Morgan fingerprint density at radius 1 is 1.77 bits per heavy atom. The molecule has 1 rings (SSSR count). The second kappa shape index (κ2) is 3.75. The van der Waals surface area contributed by atoms with Crippen LogP contribution in [0.3, 0.4) is 0 Å². The van der Waals surface area contributed by atoms with Crippen molar-refractivity contribution < 1.29 is 9.90 Å². The molecular formula is C8H11N3O2. The molecule has 0 unspecified atom stereocenters. The SMILES string of the molecule is CCNc1ncc(C(=O)O)cc1N. The summed E-state index contributed by atoms with van der Waals surface area (Å²) >= 11 is 0. The normalized spacial score (nSPS) is 9.62. The van der Waals surface area contributed by atoms with E-state index in [-0.39, 0.29) is 5.56 Å². The summed E-state index contributed by atoms with van der Waals surface area (Å²) in [4.78, 5) is 14.4. The summed E-state index contributed by atoms with van der Waals surface area (Å²) in [7, 11) is 0. The number of carbonyl (C=O) groups is 1. The van der Waals surface area contributed by atoms with Gasteiger partial charge in [0.25, 0.3) is 0 Å². The van der Waals surface area contributed by atoms with Gasteiger partial charge in [0.05, 0.1) is 11.3 Å². The predicted octanol–water partition coefficient (Wildman–Crippen LogP) is 0.794. The van der Waals surface area contributed by atoms with Gasteiger partial charge in [-0.25, -0.2) is 9.78 Å². The molecule has 1 aromatic heterocycles. The average molecular weight is 181 g/mol. The first-order valence-electron chi connectivity index (χ1n) is 3.87. The molecule has 0 amide bonds. The minimum atomic E-state index is -1.03. The van der Waals surface area contributed by atoms with E-state index in [1.807, 2.05) is 6.92 Å². The molecule has 5 heteroatoms. The van der Waals surface area contributed by atoms with Crippen LogP contribution < -0.4 is 11.1 Å². The van der Waals surface area contributed by atoms with Crippen LogP contribution in [-0.2, 0) is 0 Å². The zero-order valence-corrected chi connectivity index (χ0v) is 7.24. The molecule has 0 aromatic carbocycles. The van der Waals surface area contributed by atoms with Gasteiger partial charge in [0.1, 0.15) is 5.82 Å². The second-order valence-corrected chi connectivity index (χ2v) is 2.50.